The Bertz CT molecular complexity index is 725. The van der Waals surface area contributed by atoms with Gasteiger partial charge in [-0.2, -0.15) is 0 Å². The van der Waals surface area contributed by atoms with Crippen LogP contribution in [0, 0.1) is 6.92 Å². The van der Waals surface area contributed by atoms with Gasteiger partial charge in [-0.3, -0.25) is 0 Å². The van der Waals surface area contributed by atoms with E-state index in [2.05, 4.69) is 59.4 Å². The summed E-state index contributed by atoms with van der Waals surface area (Å²) in [6, 6.07) is 15.0. The molecule has 23 heavy (non-hydrogen) atoms. The molecule has 0 saturated carbocycles. The van der Waals surface area contributed by atoms with Gasteiger partial charge in [-0.05, 0) is 38.7 Å². The van der Waals surface area contributed by atoms with Gasteiger partial charge in [0.05, 0.1) is 0 Å². The van der Waals surface area contributed by atoms with Crippen molar-refractivity contribution in [1.29, 1.82) is 0 Å². The normalized spacial score (nSPS) is 15.2. The highest BCUT2D eigenvalue weighted by molar-refractivity contribution is 7.98. The fourth-order valence-electron chi connectivity index (χ4n) is 2.56. The first-order valence-electron chi connectivity index (χ1n) is 7.82. The lowest BCUT2D eigenvalue weighted by Crippen LogP contribution is -2.17. The molecule has 0 aliphatic carbocycles. The van der Waals surface area contributed by atoms with Crippen LogP contribution in [0.2, 0.25) is 0 Å². The molecule has 0 N–H and O–H groups in total. The number of fused-ring (bicyclic) bond motifs is 2. The SMILES string of the molecule is Cc1ccc2c(c1)C(=NOCCN(C)C)c1ccccc1CS2. The minimum absolute atomic E-state index is 0.590. The third-order valence-corrected chi connectivity index (χ3v) is 4.95. The number of likely N-dealkylation sites (N-methyl/N-ethyl adjacent to an activating group) is 1. The maximum Gasteiger partial charge on any atom is 0.129 e. The summed E-state index contributed by atoms with van der Waals surface area (Å²) in [5, 5.41) is 4.52. The summed E-state index contributed by atoms with van der Waals surface area (Å²) >= 11 is 1.86. The minimum atomic E-state index is 0.590. The number of hydrogen-bond acceptors (Lipinski definition) is 4. The molecule has 1 aliphatic heterocycles. The van der Waals surface area contributed by atoms with Crippen LogP contribution < -0.4 is 0 Å². The fourth-order valence-corrected chi connectivity index (χ4v) is 3.60. The van der Waals surface area contributed by atoms with Crippen LogP contribution in [0.1, 0.15) is 22.3 Å². The predicted molar refractivity (Wildman–Crippen MR) is 97.3 cm³/mol. The second-order valence-corrected chi connectivity index (χ2v) is 7.04. The van der Waals surface area contributed by atoms with Crippen LogP contribution in [0.25, 0.3) is 0 Å². The summed E-state index contributed by atoms with van der Waals surface area (Å²) < 4.78 is 0. The molecular weight excluding hydrogens is 304 g/mol. The van der Waals surface area contributed by atoms with Crippen LogP contribution in [0.5, 0.6) is 0 Å². The first-order chi connectivity index (χ1) is 11.1. The first-order valence-corrected chi connectivity index (χ1v) is 8.80. The molecule has 3 rings (SSSR count). The van der Waals surface area contributed by atoms with E-state index in [-0.39, 0.29) is 0 Å². The molecule has 0 unspecified atom stereocenters. The van der Waals surface area contributed by atoms with E-state index in [1.807, 2.05) is 25.9 Å². The van der Waals surface area contributed by atoms with Crippen LogP contribution in [0.4, 0.5) is 0 Å². The van der Waals surface area contributed by atoms with Gasteiger partial charge in [-0.1, -0.05) is 41.1 Å². The third-order valence-electron chi connectivity index (χ3n) is 3.83. The monoisotopic (exact) mass is 326 g/mol. The van der Waals surface area contributed by atoms with E-state index in [1.165, 1.54) is 27.1 Å². The molecule has 0 spiro atoms. The van der Waals surface area contributed by atoms with Gasteiger partial charge < -0.3 is 9.74 Å². The Morgan fingerprint density at radius 1 is 1.13 bits per heavy atom. The molecule has 1 heterocycles. The quantitative estimate of drug-likeness (QED) is 0.628. The van der Waals surface area contributed by atoms with Crippen molar-refractivity contribution >= 4 is 17.5 Å². The topological polar surface area (TPSA) is 24.8 Å². The Balaban J connectivity index is 2.01. The first kappa shape index (κ1) is 16.1. The number of rotatable bonds is 4. The number of thioether (sulfide) groups is 1. The lowest BCUT2D eigenvalue weighted by Gasteiger charge is -2.12. The van der Waals surface area contributed by atoms with E-state index in [0.29, 0.717) is 6.61 Å². The van der Waals surface area contributed by atoms with Crippen LogP contribution in [0.3, 0.4) is 0 Å². The van der Waals surface area contributed by atoms with E-state index >= 15 is 0 Å². The van der Waals surface area contributed by atoms with Crippen molar-refractivity contribution in [2.24, 2.45) is 5.16 Å². The molecule has 0 saturated heterocycles. The number of aryl methyl sites for hydroxylation is 1. The highest BCUT2D eigenvalue weighted by atomic mass is 32.2. The van der Waals surface area contributed by atoms with Crippen LogP contribution in [0.15, 0.2) is 52.5 Å². The van der Waals surface area contributed by atoms with E-state index in [9.17, 15) is 0 Å². The van der Waals surface area contributed by atoms with E-state index < -0.39 is 0 Å². The molecule has 2 aromatic carbocycles. The summed E-state index contributed by atoms with van der Waals surface area (Å²) in [7, 11) is 4.07. The van der Waals surface area contributed by atoms with Gasteiger partial charge >= 0.3 is 0 Å². The molecule has 1 aliphatic rings. The van der Waals surface area contributed by atoms with Crippen molar-refractivity contribution in [2.45, 2.75) is 17.6 Å². The third kappa shape index (κ3) is 3.77. The van der Waals surface area contributed by atoms with Crippen molar-refractivity contribution in [3.8, 4) is 0 Å². The minimum Gasteiger partial charge on any atom is -0.394 e. The van der Waals surface area contributed by atoms with Crippen molar-refractivity contribution in [3.63, 3.8) is 0 Å². The molecular formula is C19H22N2OS. The van der Waals surface area contributed by atoms with E-state index in [4.69, 9.17) is 4.84 Å². The molecule has 0 amide bonds. The van der Waals surface area contributed by atoms with Gasteiger partial charge in [0.15, 0.2) is 0 Å². The van der Waals surface area contributed by atoms with Gasteiger partial charge in [-0.25, -0.2) is 0 Å². The molecule has 0 fully saturated rings. The Morgan fingerprint density at radius 2 is 1.96 bits per heavy atom. The number of oxime groups is 1. The Labute approximate surface area is 142 Å². The summed E-state index contributed by atoms with van der Waals surface area (Å²) in [6.07, 6.45) is 0. The standard InChI is InChI=1S/C19H22N2OS/c1-14-8-9-18-17(12-14)19(20-22-11-10-21(2)3)16-7-5-4-6-15(16)13-23-18/h4-9,12H,10-11,13H2,1-3H3. The van der Waals surface area contributed by atoms with Crippen LogP contribution >= 0.6 is 11.8 Å². The fraction of sp³-hybridized carbons (Fsp3) is 0.316. The zero-order valence-corrected chi connectivity index (χ0v) is 14.7. The predicted octanol–water partition coefficient (Wildman–Crippen LogP) is 3.93. The lowest BCUT2D eigenvalue weighted by molar-refractivity contribution is 0.126. The largest absolute Gasteiger partial charge is 0.394 e. The zero-order chi connectivity index (χ0) is 16.2. The smallest absolute Gasteiger partial charge is 0.129 e. The maximum absolute atomic E-state index is 5.63. The van der Waals surface area contributed by atoms with Gasteiger partial charge in [0.25, 0.3) is 0 Å². The molecule has 3 nitrogen and oxygen atoms in total. The van der Waals surface area contributed by atoms with Crippen molar-refractivity contribution in [1.82, 2.24) is 4.90 Å². The molecule has 0 bridgehead atoms. The van der Waals surface area contributed by atoms with Crippen molar-refractivity contribution in [2.75, 3.05) is 27.2 Å². The van der Waals surface area contributed by atoms with Crippen molar-refractivity contribution < 1.29 is 4.84 Å². The average molecular weight is 326 g/mol. The van der Waals surface area contributed by atoms with Crippen LogP contribution in [-0.2, 0) is 10.6 Å². The highest BCUT2D eigenvalue weighted by Gasteiger charge is 2.20. The summed E-state index contributed by atoms with van der Waals surface area (Å²) in [5.74, 6) is 0.961. The number of hydrogen-bond donors (Lipinski definition) is 0. The lowest BCUT2D eigenvalue weighted by atomic mass is 9.97. The number of benzene rings is 2. The van der Waals surface area contributed by atoms with Gasteiger partial charge in [0, 0.05) is 28.3 Å². The molecule has 2 aromatic rings. The second kappa shape index (κ2) is 7.20. The van der Waals surface area contributed by atoms with E-state index in [1.54, 1.807) is 0 Å². The average Bonchev–Trinajstić information content (AvgIpc) is 2.68. The number of nitrogens with zero attached hydrogens (tertiary/aromatic N) is 2. The summed E-state index contributed by atoms with van der Waals surface area (Å²) in [4.78, 5) is 8.99. The molecule has 0 aromatic heterocycles. The summed E-state index contributed by atoms with van der Waals surface area (Å²) in [5.41, 5.74) is 5.84. The van der Waals surface area contributed by atoms with E-state index in [0.717, 1.165) is 18.0 Å². The highest BCUT2D eigenvalue weighted by Crippen LogP contribution is 2.34. The van der Waals surface area contributed by atoms with Crippen LogP contribution in [-0.4, -0.2) is 37.9 Å². The van der Waals surface area contributed by atoms with Crippen molar-refractivity contribution in [3.05, 3.63) is 64.7 Å². The van der Waals surface area contributed by atoms with Gasteiger partial charge in [0.2, 0.25) is 0 Å². The Hall–Kier alpha value is -1.78. The van der Waals surface area contributed by atoms with Gasteiger partial charge in [0.1, 0.15) is 12.3 Å². The second-order valence-electron chi connectivity index (χ2n) is 6.02. The molecule has 4 heteroatoms. The summed E-state index contributed by atoms with van der Waals surface area (Å²) in [6.45, 7) is 3.56. The Kier molecular flexibility index (Phi) is 5.03. The zero-order valence-electron chi connectivity index (χ0n) is 13.9. The molecule has 0 atom stereocenters. The molecule has 120 valence electrons. The maximum atomic E-state index is 5.63. The van der Waals surface area contributed by atoms with Gasteiger partial charge in [-0.15, -0.1) is 11.8 Å². The molecule has 0 radical (unpaired) electrons. The Morgan fingerprint density at radius 3 is 2.78 bits per heavy atom.